The molecule has 0 aliphatic heterocycles. The van der Waals surface area contributed by atoms with Crippen LogP contribution in [0.25, 0.3) is 0 Å². The zero-order valence-electron chi connectivity index (χ0n) is 11.3. The summed E-state index contributed by atoms with van der Waals surface area (Å²) >= 11 is 1.90. The van der Waals surface area contributed by atoms with Gasteiger partial charge in [-0.3, -0.25) is 4.79 Å². The second kappa shape index (κ2) is 5.12. The molecule has 0 radical (unpaired) electrons. The molecule has 1 aromatic rings. The van der Waals surface area contributed by atoms with E-state index in [4.69, 9.17) is 5.73 Å². The zero-order valence-corrected chi connectivity index (χ0v) is 12.1. The highest BCUT2D eigenvalue weighted by Crippen LogP contribution is 2.37. The second-order valence-corrected chi connectivity index (χ2v) is 6.78. The van der Waals surface area contributed by atoms with E-state index in [1.54, 1.807) is 6.07 Å². The lowest BCUT2D eigenvalue weighted by atomic mass is 10.2. The van der Waals surface area contributed by atoms with Gasteiger partial charge in [-0.05, 0) is 44.4 Å². The summed E-state index contributed by atoms with van der Waals surface area (Å²) in [6.45, 7) is 0. The second-order valence-electron chi connectivity index (χ2n) is 5.64. The highest BCUT2D eigenvalue weighted by atomic mass is 32.2. The Morgan fingerprint density at radius 3 is 2.84 bits per heavy atom. The Bertz CT molecular complexity index is 481. The Labute approximate surface area is 118 Å². The molecule has 2 aliphatic carbocycles. The lowest BCUT2D eigenvalue weighted by Gasteiger charge is -2.14. The van der Waals surface area contributed by atoms with Crippen molar-refractivity contribution in [3.05, 3.63) is 18.0 Å². The molecule has 19 heavy (non-hydrogen) atoms. The van der Waals surface area contributed by atoms with Crippen molar-refractivity contribution >= 4 is 23.4 Å². The van der Waals surface area contributed by atoms with Crippen molar-refractivity contribution in [3.63, 3.8) is 0 Å². The summed E-state index contributed by atoms with van der Waals surface area (Å²) in [5.74, 6) is 0.0374. The smallest absolute Gasteiger partial charge is 0.268 e. The lowest BCUT2D eigenvalue weighted by molar-refractivity contribution is 0.0928. The van der Waals surface area contributed by atoms with Gasteiger partial charge < -0.3 is 15.6 Å². The molecule has 104 valence electrons. The summed E-state index contributed by atoms with van der Waals surface area (Å²) in [6.07, 6.45) is 9.75. The van der Waals surface area contributed by atoms with Crippen molar-refractivity contribution < 1.29 is 4.79 Å². The van der Waals surface area contributed by atoms with Gasteiger partial charge in [0.05, 0.1) is 5.69 Å². The normalized spacial score (nSPS) is 26.6. The average Bonchev–Trinajstić information content (AvgIpc) is 3.01. The molecule has 5 heteroatoms. The van der Waals surface area contributed by atoms with Gasteiger partial charge in [-0.1, -0.05) is 0 Å². The number of hydrogen-bond donors (Lipinski definition) is 2. The van der Waals surface area contributed by atoms with Crippen molar-refractivity contribution in [2.45, 2.75) is 49.4 Å². The number of nitrogens with two attached hydrogens (primary N) is 1. The molecule has 2 fully saturated rings. The molecule has 1 amide bonds. The summed E-state index contributed by atoms with van der Waals surface area (Å²) in [4.78, 5) is 12.4. The molecule has 0 aromatic carbocycles. The molecule has 3 N–H and O–H groups in total. The fourth-order valence-electron chi connectivity index (χ4n) is 2.88. The molecule has 0 bridgehead atoms. The monoisotopic (exact) mass is 279 g/mol. The molecule has 2 atom stereocenters. The number of carbonyl (C=O) groups excluding carboxylic acids is 1. The number of nitrogens with zero attached hydrogens (tertiary/aromatic N) is 1. The van der Waals surface area contributed by atoms with Gasteiger partial charge in [0.1, 0.15) is 5.69 Å². The minimum atomic E-state index is 0.0374. The molecule has 3 rings (SSSR count). The van der Waals surface area contributed by atoms with E-state index in [0.29, 0.717) is 23.0 Å². The molecular weight excluding hydrogens is 258 g/mol. The van der Waals surface area contributed by atoms with Gasteiger partial charge in [-0.25, -0.2) is 0 Å². The van der Waals surface area contributed by atoms with E-state index >= 15 is 0 Å². The first-order chi connectivity index (χ1) is 9.17. The van der Waals surface area contributed by atoms with Crippen LogP contribution in [0, 0.1) is 0 Å². The molecule has 0 saturated heterocycles. The maximum Gasteiger partial charge on any atom is 0.268 e. The molecule has 1 aromatic heterocycles. The summed E-state index contributed by atoms with van der Waals surface area (Å²) in [7, 11) is 0. The van der Waals surface area contributed by atoms with Crippen LogP contribution in [0.15, 0.2) is 12.3 Å². The highest BCUT2D eigenvalue weighted by molar-refractivity contribution is 7.99. The molecule has 2 unspecified atom stereocenters. The molecule has 4 nitrogen and oxygen atoms in total. The van der Waals surface area contributed by atoms with Gasteiger partial charge in [-0.2, -0.15) is 11.8 Å². The first-order valence-electron chi connectivity index (χ1n) is 6.98. The fraction of sp³-hybridized carbons (Fsp3) is 0.643. The van der Waals surface area contributed by atoms with Crippen LogP contribution in [-0.4, -0.2) is 28.0 Å². The molecule has 1 heterocycles. The Morgan fingerprint density at radius 1 is 1.42 bits per heavy atom. The van der Waals surface area contributed by atoms with Crippen molar-refractivity contribution in [2.24, 2.45) is 0 Å². The van der Waals surface area contributed by atoms with E-state index in [9.17, 15) is 4.79 Å². The molecule has 2 aliphatic rings. The van der Waals surface area contributed by atoms with Crippen LogP contribution in [0.2, 0.25) is 0 Å². The number of nitrogens with one attached hydrogen (secondary N) is 1. The van der Waals surface area contributed by atoms with Crippen molar-refractivity contribution in [1.82, 2.24) is 9.88 Å². The number of anilines is 1. The largest absolute Gasteiger partial charge is 0.397 e. The van der Waals surface area contributed by atoms with Crippen LogP contribution >= 0.6 is 11.8 Å². The van der Waals surface area contributed by atoms with E-state index in [0.717, 1.165) is 31.4 Å². The average molecular weight is 279 g/mol. The molecule has 0 spiro atoms. The number of rotatable bonds is 4. The number of carbonyl (C=O) groups is 1. The predicted octanol–water partition coefficient (Wildman–Crippen LogP) is 2.42. The van der Waals surface area contributed by atoms with Crippen molar-refractivity contribution in [3.8, 4) is 0 Å². The van der Waals surface area contributed by atoms with E-state index in [1.807, 2.05) is 22.5 Å². The van der Waals surface area contributed by atoms with Crippen LogP contribution in [0.3, 0.4) is 0 Å². The van der Waals surface area contributed by atoms with E-state index in [-0.39, 0.29) is 5.91 Å². The third-order valence-electron chi connectivity index (χ3n) is 4.10. The van der Waals surface area contributed by atoms with Gasteiger partial charge >= 0.3 is 0 Å². The van der Waals surface area contributed by atoms with Crippen molar-refractivity contribution in [2.75, 3.05) is 12.0 Å². The first kappa shape index (κ1) is 12.9. The highest BCUT2D eigenvalue weighted by Gasteiger charge is 2.30. The van der Waals surface area contributed by atoms with Crippen LogP contribution < -0.4 is 11.1 Å². The number of thioether (sulfide) groups is 1. The molecular formula is C14H21N3OS. The number of hydrogen-bond acceptors (Lipinski definition) is 3. The van der Waals surface area contributed by atoms with Crippen LogP contribution in [-0.2, 0) is 0 Å². The Balaban J connectivity index is 1.67. The fourth-order valence-corrected chi connectivity index (χ4v) is 3.68. The van der Waals surface area contributed by atoms with Crippen LogP contribution in [0.5, 0.6) is 0 Å². The third-order valence-corrected chi connectivity index (χ3v) is 5.19. The SMILES string of the molecule is CSC1CCC(NC(=O)c2cc(N)cn2C2CC2)C1. The van der Waals surface area contributed by atoms with Crippen LogP contribution in [0.1, 0.15) is 48.6 Å². The van der Waals surface area contributed by atoms with Gasteiger partial charge in [0.15, 0.2) is 0 Å². The predicted molar refractivity (Wildman–Crippen MR) is 79.5 cm³/mol. The minimum Gasteiger partial charge on any atom is -0.397 e. The zero-order chi connectivity index (χ0) is 13.4. The van der Waals surface area contributed by atoms with E-state index in [2.05, 4.69) is 11.6 Å². The minimum absolute atomic E-state index is 0.0374. The standard InChI is InChI=1S/C14H21N3OS/c1-19-12-5-2-10(7-12)16-14(18)13-6-9(15)8-17(13)11-3-4-11/h6,8,10-12H,2-5,7,15H2,1H3,(H,16,18). The van der Waals surface area contributed by atoms with Gasteiger partial charge in [0.25, 0.3) is 5.91 Å². The summed E-state index contributed by atoms with van der Waals surface area (Å²) in [5, 5.41) is 3.87. The van der Waals surface area contributed by atoms with E-state index < -0.39 is 0 Å². The number of amides is 1. The Kier molecular flexibility index (Phi) is 3.48. The number of nitrogen functional groups attached to an aromatic ring is 1. The number of aromatic nitrogens is 1. The topological polar surface area (TPSA) is 60.1 Å². The van der Waals surface area contributed by atoms with Crippen molar-refractivity contribution in [1.29, 1.82) is 0 Å². The summed E-state index contributed by atoms with van der Waals surface area (Å²) in [5.41, 5.74) is 7.25. The third kappa shape index (κ3) is 2.76. The quantitative estimate of drug-likeness (QED) is 0.890. The Morgan fingerprint density at radius 2 is 2.21 bits per heavy atom. The lowest BCUT2D eigenvalue weighted by Crippen LogP contribution is -2.34. The summed E-state index contributed by atoms with van der Waals surface area (Å²) in [6, 6.07) is 2.61. The molecule has 2 saturated carbocycles. The van der Waals surface area contributed by atoms with Gasteiger partial charge in [-0.15, -0.1) is 0 Å². The maximum absolute atomic E-state index is 12.4. The summed E-state index contributed by atoms with van der Waals surface area (Å²) < 4.78 is 2.05. The van der Waals surface area contributed by atoms with E-state index in [1.165, 1.54) is 6.42 Å². The Hall–Kier alpha value is -1.10. The van der Waals surface area contributed by atoms with Gasteiger partial charge in [0, 0.05) is 23.5 Å². The maximum atomic E-state index is 12.4. The van der Waals surface area contributed by atoms with Gasteiger partial charge in [0.2, 0.25) is 0 Å². The first-order valence-corrected chi connectivity index (χ1v) is 8.27. The van der Waals surface area contributed by atoms with Crippen LogP contribution in [0.4, 0.5) is 5.69 Å².